The Labute approximate surface area is 120 Å². The van der Waals surface area contributed by atoms with Gasteiger partial charge in [-0.2, -0.15) is 0 Å². The quantitative estimate of drug-likeness (QED) is 0.670. The Morgan fingerprint density at radius 2 is 1.90 bits per heavy atom. The summed E-state index contributed by atoms with van der Waals surface area (Å²) in [6.45, 7) is 2.30. The van der Waals surface area contributed by atoms with E-state index in [9.17, 15) is 4.39 Å². The zero-order valence-corrected chi connectivity index (χ0v) is 12.5. The lowest BCUT2D eigenvalue weighted by Crippen LogP contribution is -2.31. The molecule has 0 bridgehead atoms. The van der Waals surface area contributed by atoms with E-state index in [2.05, 4.69) is 11.9 Å². The van der Waals surface area contributed by atoms with Crippen LogP contribution in [-0.2, 0) is 0 Å². The Morgan fingerprint density at radius 3 is 2.50 bits per heavy atom. The van der Waals surface area contributed by atoms with Crippen molar-refractivity contribution in [2.75, 3.05) is 24.3 Å². The second-order valence-corrected chi connectivity index (χ2v) is 5.53. The van der Waals surface area contributed by atoms with Gasteiger partial charge in [0, 0.05) is 25.2 Å². The molecule has 0 heterocycles. The molecule has 2 rings (SSSR count). The number of benzene rings is 1. The highest BCUT2D eigenvalue weighted by Gasteiger charge is 2.20. The molecule has 3 nitrogen and oxygen atoms in total. The topological polar surface area (TPSA) is 38.5 Å². The van der Waals surface area contributed by atoms with E-state index >= 15 is 0 Å². The van der Waals surface area contributed by atoms with Gasteiger partial charge in [-0.25, -0.2) is 4.39 Å². The minimum absolute atomic E-state index is 0.289. The average Bonchev–Trinajstić information content (AvgIpc) is 2.70. The Bertz CT molecular complexity index is 442. The normalized spacial score (nSPS) is 16.8. The first-order valence-electron chi connectivity index (χ1n) is 7.58. The van der Waals surface area contributed by atoms with Crippen molar-refractivity contribution in [3.05, 3.63) is 17.9 Å². The third-order valence-corrected chi connectivity index (χ3v) is 4.13. The summed E-state index contributed by atoms with van der Waals surface area (Å²) in [5, 5.41) is 0. The molecular formula is C16H25FN2O. The lowest BCUT2D eigenvalue weighted by atomic mass is 10.1. The first kappa shape index (κ1) is 14.9. The van der Waals surface area contributed by atoms with Gasteiger partial charge >= 0.3 is 0 Å². The molecule has 20 heavy (non-hydrogen) atoms. The summed E-state index contributed by atoms with van der Waals surface area (Å²) in [4.78, 5) is 2.20. The smallest absolute Gasteiger partial charge is 0.167 e. The molecule has 0 spiro atoms. The number of nitrogens with two attached hydrogens (primary N) is 1. The number of hydrogen-bond acceptors (Lipinski definition) is 3. The molecule has 1 saturated carbocycles. The lowest BCUT2D eigenvalue weighted by Gasteiger charge is -2.30. The van der Waals surface area contributed by atoms with Crippen LogP contribution >= 0.6 is 0 Å². The predicted octanol–water partition coefficient (Wildman–Crippen LogP) is 3.97. The van der Waals surface area contributed by atoms with Gasteiger partial charge in [-0.1, -0.05) is 25.7 Å². The second-order valence-electron chi connectivity index (χ2n) is 5.53. The molecule has 2 N–H and O–H groups in total. The maximum absolute atomic E-state index is 13.8. The van der Waals surface area contributed by atoms with Crippen molar-refractivity contribution < 1.29 is 9.13 Å². The molecule has 0 aromatic heterocycles. The molecule has 4 heteroatoms. The van der Waals surface area contributed by atoms with Gasteiger partial charge in [0.1, 0.15) is 0 Å². The Kier molecular flexibility index (Phi) is 5.10. The van der Waals surface area contributed by atoms with Crippen LogP contribution in [0.5, 0.6) is 5.75 Å². The fraction of sp³-hybridized carbons (Fsp3) is 0.625. The van der Waals surface area contributed by atoms with Crippen molar-refractivity contribution in [2.24, 2.45) is 0 Å². The van der Waals surface area contributed by atoms with Crippen LogP contribution in [0.15, 0.2) is 12.1 Å². The second kappa shape index (κ2) is 6.82. The van der Waals surface area contributed by atoms with Crippen molar-refractivity contribution in [2.45, 2.75) is 51.5 Å². The van der Waals surface area contributed by atoms with Crippen molar-refractivity contribution in [1.82, 2.24) is 0 Å². The summed E-state index contributed by atoms with van der Waals surface area (Å²) in [5.74, 6) is -0.0976. The van der Waals surface area contributed by atoms with Crippen LogP contribution in [0, 0.1) is 5.82 Å². The first-order chi connectivity index (χ1) is 9.63. The summed E-state index contributed by atoms with van der Waals surface area (Å²) >= 11 is 0. The molecule has 112 valence electrons. The number of hydrogen-bond donors (Lipinski definition) is 1. The molecule has 0 atom stereocenters. The highest BCUT2D eigenvalue weighted by Crippen LogP contribution is 2.34. The molecule has 0 radical (unpaired) electrons. The van der Waals surface area contributed by atoms with Crippen LogP contribution in [-0.4, -0.2) is 19.7 Å². The van der Waals surface area contributed by atoms with E-state index < -0.39 is 0 Å². The number of ether oxygens (including phenoxy) is 1. The first-order valence-corrected chi connectivity index (χ1v) is 7.58. The summed E-state index contributed by atoms with van der Waals surface area (Å²) in [7, 11) is 2.05. The lowest BCUT2D eigenvalue weighted by molar-refractivity contribution is 0.321. The summed E-state index contributed by atoms with van der Waals surface area (Å²) < 4.78 is 19.1. The predicted molar refractivity (Wildman–Crippen MR) is 81.9 cm³/mol. The van der Waals surface area contributed by atoms with Gasteiger partial charge in [-0.3, -0.25) is 0 Å². The van der Waals surface area contributed by atoms with E-state index in [-0.39, 0.29) is 11.6 Å². The van der Waals surface area contributed by atoms with E-state index in [1.807, 2.05) is 6.92 Å². The average molecular weight is 280 g/mol. The molecule has 0 saturated heterocycles. The number of halogens is 1. The molecular weight excluding hydrogens is 255 g/mol. The monoisotopic (exact) mass is 280 g/mol. The summed E-state index contributed by atoms with van der Waals surface area (Å²) in [6.07, 6.45) is 7.50. The molecule has 0 aliphatic heterocycles. The van der Waals surface area contributed by atoms with E-state index in [4.69, 9.17) is 10.5 Å². The molecule has 1 aliphatic rings. The van der Waals surface area contributed by atoms with Crippen LogP contribution in [0.3, 0.4) is 0 Å². The fourth-order valence-electron chi connectivity index (χ4n) is 2.97. The number of anilines is 2. The molecule has 0 unspecified atom stereocenters. The van der Waals surface area contributed by atoms with Gasteiger partial charge in [0.15, 0.2) is 11.6 Å². The number of nitrogen functional groups attached to an aromatic ring is 1. The molecule has 1 aromatic carbocycles. The SMILES string of the molecule is CCOc1cc(N(C)C2CCCCCC2)c(N)cc1F. The van der Waals surface area contributed by atoms with E-state index in [0.29, 0.717) is 18.3 Å². The zero-order chi connectivity index (χ0) is 14.5. The van der Waals surface area contributed by atoms with Crippen molar-refractivity contribution >= 4 is 11.4 Å². The number of nitrogens with zero attached hydrogens (tertiary/aromatic N) is 1. The van der Waals surface area contributed by atoms with Gasteiger partial charge in [-0.05, 0) is 19.8 Å². The largest absolute Gasteiger partial charge is 0.491 e. The molecule has 1 aliphatic carbocycles. The Balaban J connectivity index is 2.23. The van der Waals surface area contributed by atoms with Crippen LogP contribution in [0.25, 0.3) is 0 Å². The molecule has 0 amide bonds. The maximum Gasteiger partial charge on any atom is 0.167 e. The Morgan fingerprint density at radius 1 is 1.25 bits per heavy atom. The van der Waals surface area contributed by atoms with Gasteiger partial charge in [-0.15, -0.1) is 0 Å². The third-order valence-electron chi connectivity index (χ3n) is 4.13. The van der Waals surface area contributed by atoms with Crippen LogP contribution in [0.4, 0.5) is 15.8 Å². The summed E-state index contributed by atoms with van der Waals surface area (Å²) in [5.41, 5.74) is 7.36. The fourth-order valence-corrected chi connectivity index (χ4v) is 2.97. The van der Waals surface area contributed by atoms with Gasteiger partial charge in [0.25, 0.3) is 0 Å². The highest BCUT2D eigenvalue weighted by atomic mass is 19.1. The minimum Gasteiger partial charge on any atom is -0.491 e. The van der Waals surface area contributed by atoms with Crippen LogP contribution in [0.1, 0.15) is 45.4 Å². The van der Waals surface area contributed by atoms with E-state index in [1.165, 1.54) is 44.6 Å². The van der Waals surface area contributed by atoms with Gasteiger partial charge in [0.2, 0.25) is 0 Å². The molecule has 1 fully saturated rings. The van der Waals surface area contributed by atoms with Crippen molar-refractivity contribution in [3.63, 3.8) is 0 Å². The van der Waals surface area contributed by atoms with Crippen molar-refractivity contribution in [1.29, 1.82) is 0 Å². The highest BCUT2D eigenvalue weighted by molar-refractivity contribution is 5.70. The minimum atomic E-state index is -0.387. The van der Waals surface area contributed by atoms with Crippen LogP contribution in [0.2, 0.25) is 0 Å². The number of rotatable bonds is 4. The molecule has 1 aromatic rings. The van der Waals surface area contributed by atoms with E-state index in [0.717, 1.165) is 5.69 Å². The van der Waals surface area contributed by atoms with Crippen molar-refractivity contribution in [3.8, 4) is 5.75 Å². The maximum atomic E-state index is 13.8. The van der Waals surface area contributed by atoms with E-state index in [1.54, 1.807) is 6.07 Å². The van der Waals surface area contributed by atoms with Gasteiger partial charge in [0.05, 0.1) is 18.0 Å². The van der Waals surface area contributed by atoms with Gasteiger partial charge < -0.3 is 15.4 Å². The Hall–Kier alpha value is -1.45. The standard InChI is InChI=1S/C16H25FN2O/c1-3-20-16-11-15(14(18)10-13(16)17)19(2)12-8-6-4-5-7-9-12/h10-12H,3-9,18H2,1-2H3. The summed E-state index contributed by atoms with van der Waals surface area (Å²) in [6, 6.07) is 3.59. The zero-order valence-electron chi connectivity index (χ0n) is 12.5. The third kappa shape index (κ3) is 3.35. The van der Waals surface area contributed by atoms with Crippen LogP contribution < -0.4 is 15.4 Å².